The van der Waals surface area contributed by atoms with Crippen molar-refractivity contribution in [2.45, 2.75) is 5.25 Å². The van der Waals surface area contributed by atoms with Crippen LogP contribution in [0.4, 0.5) is 0 Å². The van der Waals surface area contributed by atoms with Crippen LogP contribution in [0.15, 0.2) is 0 Å². The summed E-state index contributed by atoms with van der Waals surface area (Å²) in [4.78, 5) is 0. The Hall–Kier alpha value is 0.310. The van der Waals surface area contributed by atoms with Crippen LogP contribution in [0.25, 0.3) is 0 Å². The highest BCUT2D eigenvalue weighted by molar-refractivity contribution is 8.01. The van der Waals surface area contributed by atoms with Crippen LogP contribution >= 0.6 is 11.8 Å². The Bertz CT molecular complexity index is 74.1. The van der Waals surface area contributed by atoms with E-state index >= 15 is 0 Å². The number of fused-ring (bicyclic) bond motifs is 1. The van der Waals surface area contributed by atoms with Gasteiger partial charge < -0.3 is 5.32 Å². The van der Waals surface area contributed by atoms with E-state index in [1.807, 2.05) is 0 Å². The molecule has 2 rings (SSSR count). The Morgan fingerprint density at radius 1 is 1.43 bits per heavy atom. The SMILES string of the molecule is C1NCC2SCC12. The van der Waals surface area contributed by atoms with E-state index in [9.17, 15) is 0 Å². The van der Waals surface area contributed by atoms with Crippen molar-refractivity contribution < 1.29 is 0 Å². The first-order valence-electron chi connectivity index (χ1n) is 2.79. The molecule has 2 fully saturated rings. The Balaban J connectivity index is 2.03. The van der Waals surface area contributed by atoms with E-state index in [0.717, 1.165) is 11.2 Å². The van der Waals surface area contributed by atoms with E-state index in [-0.39, 0.29) is 0 Å². The van der Waals surface area contributed by atoms with Gasteiger partial charge in [-0.3, -0.25) is 0 Å². The summed E-state index contributed by atoms with van der Waals surface area (Å²) in [6.07, 6.45) is 0. The maximum atomic E-state index is 3.36. The van der Waals surface area contributed by atoms with Crippen molar-refractivity contribution in [2.75, 3.05) is 18.8 Å². The summed E-state index contributed by atoms with van der Waals surface area (Å²) < 4.78 is 0. The second kappa shape index (κ2) is 1.39. The van der Waals surface area contributed by atoms with Crippen molar-refractivity contribution in [3.8, 4) is 0 Å². The predicted molar refractivity (Wildman–Crippen MR) is 32.6 cm³/mol. The van der Waals surface area contributed by atoms with E-state index in [2.05, 4.69) is 17.1 Å². The summed E-state index contributed by atoms with van der Waals surface area (Å²) >= 11 is 2.11. The minimum Gasteiger partial charge on any atom is -0.315 e. The molecule has 40 valence electrons. The number of hydrogen-bond donors (Lipinski definition) is 1. The zero-order chi connectivity index (χ0) is 4.69. The number of rotatable bonds is 0. The molecule has 1 N–H and O–H groups in total. The molecule has 2 aliphatic heterocycles. The summed E-state index contributed by atoms with van der Waals surface area (Å²) in [5, 5.41) is 4.36. The van der Waals surface area contributed by atoms with Gasteiger partial charge in [-0.1, -0.05) is 0 Å². The summed E-state index contributed by atoms with van der Waals surface area (Å²) in [5.41, 5.74) is 0. The Labute approximate surface area is 47.9 Å². The van der Waals surface area contributed by atoms with Crippen molar-refractivity contribution in [2.24, 2.45) is 5.92 Å². The molecule has 2 atom stereocenters. The first kappa shape index (κ1) is 4.21. The minimum atomic E-state index is 1.000. The summed E-state index contributed by atoms with van der Waals surface area (Å²) in [7, 11) is 0. The third-order valence-corrected chi connectivity index (χ3v) is 3.40. The second-order valence-electron chi connectivity index (χ2n) is 2.29. The van der Waals surface area contributed by atoms with E-state index in [4.69, 9.17) is 0 Å². The molecule has 1 nitrogen and oxygen atoms in total. The first-order valence-corrected chi connectivity index (χ1v) is 3.84. The first-order chi connectivity index (χ1) is 3.47. The zero-order valence-corrected chi connectivity index (χ0v) is 5.00. The van der Waals surface area contributed by atoms with Crippen LogP contribution in [0.1, 0.15) is 0 Å². The van der Waals surface area contributed by atoms with Gasteiger partial charge in [-0.05, 0) is 18.2 Å². The highest BCUT2D eigenvalue weighted by Crippen LogP contribution is 2.36. The molecule has 2 heteroatoms. The molecule has 0 saturated carbocycles. The van der Waals surface area contributed by atoms with Crippen LogP contribution in [-0.2, 0) is 0 Å². The predicted octanol–water partition coefficient (Wildman–Crippen LogP) is 0.321. The number of thioether (sulfide) groups is 1. The molecule has 0 aromatic heterocycles. The van der Waals surface area contributed by atoms with Gasteiger partial charge in [0.1, 0.15) is 0 Å². The number of hydrogen-bond acceptors (Lipinski definition) is 2. The van der Waals surface area contributed by atoms with Gasteiger partial charge in [0.15, 0.2) is 0 Å². The lowest BCUT2D eigenvalue weighted by Crippen LogP contribution is -2.28. The molecule has 7 heavy (non-hydrogen) atoms. The summed E-state index contributed by atoms with van der Waals surface area (Å²) in [5.74, 6) is 2.46. The molecular weight excluding hydrogens is 106 g/mol. The standard InChI is InChI=1S/C5H9NS/c1-4-3-7-5(4)2-6-1/h4-6H,1-3H2. The molecule has 0 spiro atoms. The molecule has 0 bridgehead atoms. The number of nitrogens with one attached hydrogen (secondary N) is 1. The Morgan fingerprint density at radius 3 is 2.71 bits per heavy atom. The van der Waals surface area contributed by atoms with Crippen LogP contribution in [0.2, 0.25) is 0 Å². The highest BCUT2D eigenvalue weighted by atomic mass is 32.2. The maximum Gasteiger partial charge on any atom is 0.0220 e. The monoisotopic (exact) mass is 115 g/mol. The van der Waals surface area contributed by atoms with Crippen LogP contribution in [0.3, 0.4) is 0 Å². The molecule has 0 aromatic carbocycles. The van der Waals surface area contributed by atoms with Crippen LogP contribution < -0.4 is 5.32 Å². The van der Waals surface area contributed by atoms with Crippen molar-refractivity contribution in [3.63, 3.8) is 0 Å². The molecular formula is C5H9NS. The third kappa shape index (κ3) is 0.500. The third-order valence-electron chi connectivity index (χ3n) is 1.80. The maximum absolute atomic E-state index is 3.36. The minimum absolute atomic E-state index is 1.000. The fourth-order valence-corrected chi connectivity index (χ4v) is 2.38. The molecule has 0 aromatic rings. The normalized spacial score (nSPS) is 48.0. The lowest BCUT2D eigenvalue weighted by Gasteiger charge is -2.27. The van der Waals surface area contributed by atoms with E-state index in [1.165, 1.54) is 18.8 Å². The van der Waals surface area contributed by atoms with Gasteiger partial charge in [-0.2, -0.15) is 11.8 Å². The van der Waals surface area contributed by atoms with Crippen molar-refractivity contribution >= 4 is 11.8 Å². The second-order valence-corrected chi connectivity index (χ2v) is 3.56. The molecule has 0 aliphatic carbocycles. The van der Waals surface area contributed by atoms with Crippen molar-refractivity contribution in [3.05, 3.63) is 0 Å². The van der Waals surface area contributed by atoms with Crippen molar-refractivity contribution in [1.82, 2.24) is 5.32 Å². The van der Waals surface area contributed by atoms with Gasteiger partial charge in [0.25, 0.3) is 0 Å². The zero-order valence-electron chi connectivity index (χ0n) is 4.18. The van der Waals surface area contributed by atoms with E-state index < -0.39 is 0 Å². The lowest BCUT2D eigenvalue weighted by molar-refractivity contribution is 0.636. The Morgan fingerprint density at radius 2 is 2.43 bits per heavy atom. The molecule has 2 heterocycles. The average molecular weight is 115 g/mol. The van der Waals surface area contributed by atoms with Gasteiger partial charge in [0, 0.05) is 11.8 Å². The Kier molecular flexibility index (Phi) is 0.837. The van der Waals surface area contributed by atoms with Crippen LogP contribution in [0.5, 0.6) is 0 Å². The molecule has 2 unspecified atom stereocenters. The van der Waals surface area contributed by atoms with Gasteiger partial charge in [-0.15, -0.1) is 0 Å². The van der Waals surface area contributed by atoms with Gasteiger partial charge in [-0.25, -0.2) is 0 Å². The average Bonchev–Trinajstić information content (AvgIpc) is 1.85. The topological polar surface area (TPSA) is 12.0 Å². The largest absolute Gasteiger partial charge is 0.315 e. The van der Waals surface area contributed by atoms with Gasteiger partial charge >= 0.3 is 0 Å². The van der Waals surface area contributed by atoms with Gasteiger partial charge in [0.05, 0.1) is 0 Å². The highest BCUT2D eigenvalue weighted by Gasteiger charge is 2.35. The summed E-state index contributed by atoms with van der Waals surface area (Å²) in [6.45, 7) is 2.56. The molecule has 2 aliphatic rings. The summed E-state index contributed by atoms with van der Waals surface area (Å²) in [6, 6.07) is 0. The molecule has 0 radical (unpaired) electrons. The van der Waals surface area contributed by atoms with E-state index in [1.54, 1.807) is 0 Å². The van der Waals surface area contributed by atoms with Crippen molar-refractivity contribution in [1.29, 1.82) is 0 Å². The molecule has 2 saturated heterocycles. The van der Waals surface area contributed by atoms with Gasteiger partial charge in [0.2, 0.25) is 0 Å². The van der Waals surface area contributed by atoms with Crippen LogP contribution in [-0.4, -0.2) is 24.1 Å². The smallest absolute Gasteiger partial charge is 0.0220 e. The lowest BCUT2D eigenvalue weighted by atomic mass is 10.1. The van der Waals surface area contributed by atoms with E-state index in [0.29, 0.717) is 0 Å². The van der Waals surface area contributed by atoms with Crippen LogP contribution in [0, 0.1) is 5.92 Å². The molecule has 0 amide bonds. The fourth-order valence-electron chi connectivity index (χ4n) is 1.20. The fraction of sp³-hybridized carbons (Fsp3) is 1.00. The quantitative estimate of drug-likeness (QED) is 0.488.